The Morgan fingerprint density at radius 3 is 2.76 bits per heavy atom. The van der Waals surface area contributed by atoms with Crippen molar-refractivity contribution >= 4 is 11.4 Å². The molecule has 0 aromatic carbocycles. The molecule has 114 valence electrons. The molecule has 0 fully saturated rings. The predicted molar refractivity (Wildman–Crippen MR) is 84.6 cm³/mol. The van der Waals surface area contributed by atoms with Gasteiger partial charge in [-0.2, -0.15) is 5.10 Å². The summed E-state index contributed by atoms with van der Waals surface area (Å²) in [5.41, 5.74) is 2.56. The van der Waals surface area contributed by atoms with E-state index in [2.05, 4.69) is 29.2 Å². The van der Waals surface area contributed by atoms with Crippen LogP contribution in [-0.2, 0) is 0 Å². The molecule has 0 saturated heterocycles. The molecular formula is C16H24N4O. The Hall–Kier alpha value is -1.88. The largest absolute Gasteiger partial charge is 0.350 e. The fraction of sp³-hybridized carbons (Fsp3) is 0.500. The number of aromatic nitrogens is 2. The summed E-state index contributed by atoms with van der Waals surface area (Å²) in [4.78, 5) is 14.6. The van der Waals surface area contributed by atoms with Crippen molar-refractivity contribution in [1.29, 1.82) is 0 Å². The highest BCUT2D eigenvalue weighted by molar-refractivity contribution is 6.01. The lowest BCUT2D eigenvalue weighted by atomic mass is 10.0. The molecule has 2 aromatic heterocycles. The van der Waals surface area contributed by atoms with Gasteiger partial charge in [-0.15, -0.1) is 0 Å². The van der Waals surface area contributed by atoms with Crippen LogP contribution >= 0.6 is 0 Å². The molecule has 0 spiro atoms. The van der Waals surface area contributed by atoms with Gasteiger partial charge in [-0.3, -0.25) is 4.79 Å². The molecule has 1 atom stereocenters. The van der Waals surface area contributed by atoms with Crippen LogP contribution < -0.4 is 5.32 Å². The monoisotopic (exact) mass is 288 g/mol. The number of carbonyl (C=O) groups excluding carboxylic acids is 1. The minimum Gasteiger partial charge on any atom is -0.350 e. The second-order valence-corrected chi connectivity index (χ2v) is 6.03. The van der Waals surface area contributed by atoms with Crippen molar-refractivity contribution in [3.63, 3.8) is 0 Å². The lowest BCUT2D eigenvalue weighted by Gasteiger charge is -2.28. The molecule has 1 amide bonds. The number of amides is 1. The van der Waals surface area contributed by atoms with Crippen molar-refractivity contribution in [1.82, 2.24) is 19.8 Å². The summed E-state index contributed by atoms with van der Waals surface area (Å²) in [5.74, 6) is 0.415. The van der Waals surface area contributed by atoms with E-state index in [4.69, 9.17) is 0 Å². The smallest absolute Gasteiger partial charge is 0.255 e. The molecule has 0 radical (unpaired) electrons. The Kier molecular flexibility index (Phi) is 4.63. The summed E-state index contributed by atoms with van der Waals surface area (Å²) >= 11 is 0. The first kappa shape index (κ1) is 15.5. The summed E-state index contributed by atoms with van der Waals surface area (Å²) < 4.78 is 1.75. The van der Waals surface area contributed by atoms with Gasteiger partial charge in [0.2, 0.25) is 0 Å². The average molecular weight is 288 g/mol. The van der Waals surface area contributed by atoms with Crippen LogP contribution in [-0.4, -0.2) is 47.1 Å². The van der Waals surface area contributed by atoms with E-state index < -0.39 is 0 Å². The van der Waals surface area contributed by atoms with Crippen LogP contribution in [0, 0.1) is 12.8 Å². The molecule has 2 heterocycles. The molecule has 0 bridgehead atoms. The van der Waals surface area contributed by atoms with Gasteiger partial charge in [0.25, 0.3) is 5.91 Å². The molecule has 5 heteroatoms. The Bertz CT molecular complexity index is 622. The van der Waals surface area contributed by atoms with Gasteiger partial charge in [-0.25, -0.2) is 4.52 Å². The quantitative estimate of drug-likeness (QED) is 0.915. The number of aryl methyl sites for hydroxylation is 1. The number of likely N-dealkylation sites (N-methyl/N-ethyl adjacent to an activating group) is 1. The predicted octanol–water partition coefficient (Wildman–Crippen LogP) is 1.96. The third kappa shape index (κ3) is 3.24. The maximum atomic E-state index is 12.4. The van der Waals surface area contributed by atoms with Gasteiger partial charge in [0, 0.05) is 18.8 Å². The van der Waals surface area contributed by atoms with Crippen LogP contribution in [0.15, 0.2) is 24.5 Å². The molecule has 2 aromatic rings. The molecule has 0 aliphatic rings. The first-order valence-corrected chi connectivity index (χ1v) is 7.29. The van der Waals surface area contributed by atoms with E-state index in [1.54, 1.807) is 10.7 Å². The van der Waals surface area contributed by atoms with Gasteiger partial charge in [0.1, 0.15) is 0 Å². The van der Waals surface area contributed by atoms with Gasteiger partial charge >= 0.3 is 0 Å². The van der Waals surface area contributed by atoms with Gasteiger partial charge < -0.3 is 10.2 Å². The van der Waals surface area contributed by atoms with E-state index in [-0.39, 0.29) is 5.91 Å². The van der Waals surface area contributed by atoms with E-state index in [0.717, 1.165) is 11.1 Å². The van der Waals surface area contributed by atoms with Gasteiger partial charge in [0.05, 0.1) is 17.3 Å². The Labute approximate surface area is 125 Å². The van der Waals surface area contributed by atoms with E-state index in [0.29, 0.717) is 24.1 Å². The fourth-order valence-electron chi connectivity index (χ4n) is 2.69. The molecule has 5 nitrogen and oxygen atoms in total. The van der Waals surface area contributed by atoms with Gasteiger partial charge in [-0.1, -0.05) is 19.9 Å². The minimum atomic E-state index is -0.0631. The van der Waals surface area contributed by atoms with Crippen molar-refractivity contribution in [3.8, 4) is 0 Å². The second kappa shape index (κ2) is 6.26. The van der Waals surface area contributed by atoms with Crippen molar-refractivity contribution in [2.45, 2.75) is 26.8 Å². The zero-order chi connectivity index (χ0) is 15.6. The van der Waals surface area contributed by atoms with Crippen LogP contribution in [0.1, 0.15) is 29.8 Å². The number of nitrogens with one attached hydrogen (secondary N) is 1. The number of hydrogen-bond donors (Lipinski definition) is 1. The second-order valence-electron chi connectivity index (χ2n) is 6.03. The lowest BCUT2D eigenvalue weighted by Crippen LogP contribution is -2.43. The van der Waals surface area contributed by atoms with E-state index in [1.165, 1.54) is 0 Å². The number of carbonyl (C=O) groups is 1. The van der Waals surface area contributed by atoms with Crippen LogP contribution in [0.2, 0.25) is 0 Å². The van der Waals surface area contributed by atoms with Crippen molar-refractivity contribution in [2.75, 3.05) is 20.6 Å². The molecule has 1 unspecified atom stereocenters. The number of fused-ring (bicyclic) bond motifs is 1. The standard InChI is InChI=1S/C16H24N4O/c1-11(2)14(19(4)5)10-17-16(21)13-9-18-20-8-6-7-12(3)15(13)20/h6-9,11,14H,10H2,1-5H3,(H,17,21). The number of nitrogens with zero attached hydrogens (tertiary/aromatic N) is 3. The third-order valence-electron chi connectivity index (χ3n) is 3.89. The summed E-state index contributed by atoms with van der Waals surface area (Å²) in [5, 5.41) is 7.28. The highest BCUT2D eigenvalue weighted by atomic mass is 16.1. The Morgan fingerprint density at radius 2 is 2.14 bits per heavy atom. The topological polar surface area (TPSA) is 49.6 Å². The normalized spacial score (nSPS) is 13.1. The summed E-state index contributed by atoms with van der Waals surface area (Å²) in [6, 6.07) is 4.24. The van der Waals surface area contributed by atoms with E-state index in [9.17, 15) is 4.79 Å². The summed E-state index contributed by atoms with van der Waals surface area (Å²) in [7, 11) is 4.08. The van der Waals surface area contributed by atoms with Crippen LogP contribution in [0.4, 0.5) is 0 Å². The highest BCUT2D eigenvalue weighted by Crippen LogP contribution is 2.15. The van der Waals surface area contributed by atoms with Crippen LogP contribution in [0.25, 0.3) is 5.52 Å². The van der Waals surface area contributed by atoms with Gasteiger partial charge in [0.15, 0.2) is 0 Å². The van der Waals surface area contributed by atoms with E-state index >= 15 is 0 Å². The number of rotatable bonds is 5. The highest BCUT2D eigenvalue weighted by Gasteiger charge is 2.19. The molecular weight excluding hydrogens is 264 g/mol. The molecule has 0 saturated carbocycles. The molecule has 21 heavy (non-hydrogen) atoms. The van der Waals surface area contributed by atoms with Crippen molar-refractivity contribution < 1.29 is 4.79 Å². The molecule has 1 N–H and O–H groups in total. The maximum Gasteiger partial charge on any atom is 0.255 e. The number of pyridine rings is 1. The maximum absolute atomic E-state index is 12.4. The molecule has 0 aliphatic carbocycles. The first-order chi connectivity index (χ1) is 9.91. The van der Waals surface area contributed by atoms with Crippen LogP contribution in [0.3, 0.4) is 0 Å². The van der Waals surface area contributed by atoms with Crippen molar-refractivity contribution in [3.05, 3.63) is 35.7 Å². The van der Waals surface area contributed by atoms with Crippen molar-refractivity contribution in [2.24, 2.45) is 5.92 Å². The zero-order valence-electron chi connectivity index (χ0n) is 13.4. The molecule has 0 aliphatic heterocycles. The number of hydrogen-bond acceptors (Lipinski definition) is 3. The average Bonchev–Trinajstić information content (AvgIpc) is 2.83. The Balaban J connectivity index is 2.16. The van der Waals surface area contributed by atoms with Gasteiger partial charge in [-0.05, 0) is 38.6 Å². The Morgan fingerprint density at radius 1 is 1.43 bits per heavy atom. The van der Waals surface area contributed by atoms with Crippen LogP contribution in [0.5, 0.6) is 0 Å². The summed E-state index contributed by atoms with van der Waals surface area (Å²) in [6.45, 7) is 6.95. The van der Waals surface area contributed by atoms with E-state index in [1.807, 2.05) is 39.3 Å². The lowest BCUT2D eigenvalue weighted by molar-refractivity contribution is 0.0936. The summed E-state index contributed by atoms with van der Waals surface area (Å²) in [6.07, 6.45) is 3.49. The molecule has 2 rings (SSSR count). The first-order valence-electron chi connectivity index (χ1n) is 7.29. The fourth-order valence-corrected chi connectivity index (χ4v) is 2.69. The zero-order valence-corrected chi connectivity index (χ0v) is 13.4. The third-order valence-corrected chi connectivity index (χ3v) is 3.89. The minimum absolute atomic E-state index is 0.0631. The SMILES string of the molecule is Cc1cccn2ncc(C(=O)NCC(C(C)C)N(C)C)c12.